The Balaban J connectivity index is 2.48. The lowest BCUT2D eigenvalue weighted by molar-refractivity contribution is 0.393. The molecule has 0 fully saturated rings. The maximum absolute atomic E-state index is 4.79. The molecule has 0 N–H and O–H groups in total. The summed E-state index contributed by atoms with van der Waals surface area (Å²) in [6.07, 6.45) is 2.54. The minimum atomic E-state index is 0.307. The van der Waals surface area contributed by atoms with Crippen molar-refractivity contribution in [1.82, 2.24) is 20.6 Å². The molecule has 0 amide bonds. The van der Waals surface area contributed by atoms with Crippen LogP contribution in [0.5, 0.6) is 0 Å². The van der Waals surface area contributed by atoms with E-state index in [1.165, 1.54) is 12.7 Å². The van der Waals surface area contributed by atoms with Crippen LogP contribution in [0, 0.1) is 0 Å². The fraction of sp³-hybridized carbons (Fsp3) is 0. The molecule has 0 aliphatic heterocycles. The van der Waals surface area contributed by atoms with Crippen LogP contribution in [0.2, 0.25) is 0 Å². The number of nitrogens with zero attached hydrogens (tertiary/aromatic N) is 4. The van der Waals surface area contributed by atoms with Gasteiger partial charge in [-0.3, -0.25) is 0 Å². The van der Waals surface area contributed by atoms with E-state index in [0.29, 0.717) is 11.6 Å². The predicted octanol–water partition coefficient (Wildman–Crippen LogP) is 0.120. The summed E-state index contributed by atoms with van der Waals surface area (Å²) < 4.78 is 9.24. The van der Waals surface area contributed by atoms with Crippen molar-refractivity contribution < 1.29 is 8.94 Å². The van der Waals surface area contributed by atoms with Crippen LogP contribution in [-0.4, -0.2) is 20.6 Å². The van der Waals surface area contributed by atoms with Crippen molar-refractivity contribution in [2.45, 2.75) is 0 Å². The van der Waals surface area contributed by atoms with Gasteiger partial charge in [0, 0.05) is 5.27 Å². The lowest BCUT2D eigenvalue weighted by Gasteiger charge is -1.76. The van der Waals surface area contributed by atoms with Crippen molar-refractivity contribution in [1.29, 1.82) is 0 Å². The highest BCUT2D eigenvalue weighted by molar-refractivity contribution is 5.41. The van der Waals surface area contributed by atoms with Gasteiger partial charge in [0.25, 0.3) is 5.89 Å². The molecule has 0 aliphatic carbocycles. The van der Waals surface area contributed by atoms with Crippen LogP contribution in [0.1, 0.15) is 0 Å². The molecular formula is C4H2N4O2. The minimum Gasteiger partial charge on any atom is -0.422 e. The molecule has 6 heteroatoms. The minimum absolute atomic E-state index is 0.307. The first-order chi connectivity index (χ1) is 4.97. The van der Waals surface area contributed by atoms with Gasteiger partial charge in [-0.25, -0.2) is 0 Å². The molecule has 6 nitrogen and oxygen atoms in total. The van der Waals surface area contributed by atoms with Gasteiger partial charge in [-0.15, -0.1) is 15.3 Å². The molecule has 10 heavy (non-hydrogen) atoms. The highest BCUT2D eigenvalue weighted by atomic mass is 16.5. The quantitative estimate of drug-likeness (QED) is 0.556. The van der Waals surface area contributed by atoms with E-state index in [2.05, 4.69) is 25.1 Å². The summed E-state index contributed by atoms with van der Waals surface area (Å²) in [6.45, 7) is 0. The highest BCUT2D eigenvalue weighted by Gasteiger charge is 2.05. The van der Waals surface area contributed by atoms with Gasteiger partial charge in [-0.2, -0.15) is 0 Å². The average Bonchev–Trinajstić information content (AvgIpc) is 2.59. The Hall–Kier alpha value is -1.72. The van der Waals surface area contributed by atoms with Crippen LogP contribution in [0.4, 0.5) is 0 Å². The van der Waals surface area contributed by atoms with E-state index in [-0.39, 0.29) is 0 Å². The fourth-order valence-electron chi connectivity index (χ4n) is 0.542. The molecule has 2 aromatic heterocycles. The van der Waals surface area contributed by atoms with Gasteiger partial charge >= 0.3 is 0 Å². The van der Waals surface area contributed by atoms with Crippen LogP contribution in [-0.2, 0) is 0 Å². The number of hydrogen-bond acceptors (Lipinski definition) is 6. The SMILES string of the molecule is c1nnc(-c2conn2)o1. The molecule has 2 aromatic rings. The van der Waals surface area contributed by atoms with Gasteiger partial charge in [-0.05, 0) is 0 Å². The first-order valence-corrected chi connectivity index (χ1v) is 2.50. The zero-order valence-corrected chi connectivity index (χ0v) is 4.76. The Morgan fingerprint density at radius 1 is 1.30 bits per heavy atom. The van der Waals surface area contributed by atoms with Gasteiger partial charge < -0.3 is 8.94 Å². The molecule has 50 valence electrons. The van der Waals surface area contributed by atoms with E-state index in [1.807, 2.05) is 0 Å². The van der Waals surface area contributed by atoms with E-state index in [0.717, 1.165) is 0 Å². The predicted molar refractivity (Wildman–Crippen MR) is 27.6 cm³/mol. The summed E-state index contributed by atoms with van der Waals surface area (Å²) in [5.41, 5.74) is 0.442. The molecule has 0 bridgehead atoms. The molecule has 2 heterocycles. The molecular weight excluding hydrogens is 136 g/mol. The number of aromatic nitrogens is 4. The third-order valence-corrected chi connectivity index (χ3v) is 0.939. The maximum atomic E-state index is 4.79. The van der Waals surface area contributed by atoms with Gasteiger partial charge in [0.15, 0.2) is 12.0 Å². The van der Waals surface area contributed by atoms with E-state index >= 15 is 0 Å². The fourth-order valence-corrected chi connectivity index (χ4v) is 0.542. The molecule has 0 saturated heterocycles. The first kappa shape index (κ1) is 5.10. The Morgan fingerprint density at radius 2 is 2.30 bits per heavy atom. The van der Waals surface area contributed by atoms with Gasteiger partial charge in [0.1, 0.15) is 0 Å². The van der Waals surface area contributed by atoms with Crippen LogP contribution in [0.3, 0.4) is 0 Å². The second kappa shape index (κ2) is 1.90. The second-order valence-corrected chi connectivity index (χ2v) is 1.53. The first-order valence-electron chi connectivity index (χ1n) is 2.50. The Morgan fingerprint density at radius 3 is 2.90 bits per heavy atom. The van der Waals surface area contributed by atoms with Crippen molar-refractivity contribution in [2.75, 3.05) is 0 Å². The van der Waals surface area contributed by atoms with Crippen molar-refractivity contribution >= 4 is 0 Å². The lowest BCUT2D eigenvalue weighted by Crippen LogP contribution is -1.76. The number of rotatable bonds is 1. The molecule has 0 aromatic carbocycles. The standard InChI is InChI=1S/C4H2N4O2/c1-3(6-8-10-1)4-7-5-2-9-4/h1-2H. The Labute approximate surface area is 54.8 Å². The maximum Gasteiger partial charge on any atom is 0.271 e. The molecule has 0 saturated carbocycles. The van der Waals surface area contributed by atoms with Crippen LogP contribution < -0.4 is 0 Å². The van der Waals surface area contributed by atoms with Crippen molar-refractivity contribution in [2.24, 2.45) is 0 Å². The Bertz CT molecular complexity index is 255. The summed E-state index contributed by atoms with van der Waals surface area (Å²) in [5, 5.41) is 13.8. The smallest absolute Gasteiger partial charge is 0.271 e. The van der Waals surface area contributed by atoms with Crippen molar-refractivity contribution in [3.05, 3.63) is 12.7 Å². The molecule has 0 radical (unpaired) electrons. The zero-order valence-electron chi connectivity index (χ0n) is 4.76. The third-order valence-electron chi connectivity index (χ3n) is 0.939. The summed E-state index contributed by atoms with van der Waals surface area (Å²) >= 11 is 0. The monoisotopic (exact) mass is 138 g/mol. The van der Waals surface area contributed by atoms with Crippen LogP contribution in [0.15, 0.2) is 21.6 Å². The van der Waals surface area contributed by atoms with Gasteiger partial charge in [-0.1, -0.05) is 0 Å². The van der Waals surface area contributed by atoms with E-state index in [1.54, 1.807) is 0 Å². The zero-order chi connectivity index (χ0) is 6.81. The molecule has 2 rings (SSSR count). The van der Waals surface area contributed by atoms with Gasteiger partial charge in [0.05, 0.1) is 0 Å². The second-order valence-electron chi connectivity index (χ2n) is 1.53. The third kappa shape index (κ3) is 0.661. The largest absolute Gasteiger partial charge is 0.422 e. The summed E-state index contributed by atoms with van der Waals surface area (Å²) in [4.78, 5) is 0. The molecule has 0 spiro atoms. The molecule has 0 aliphatic rings. The van der Waals surface area contributed by atoms with Crippen molar-refractivity contribution in [3.63, 3.8) is 0 Å². The average molecular weight is 138 g/mol. The highest BCUT2D eigenvalue weighted by Crippen LogP contribution is 2.09. The Kier molecular flexibility index (Phi) is 0.970. The van der Waals surface area contributed by atoms with Crippen LogP contribution >= 0.6 is 0 Å². The normalized spacial score (nSPS) is 10.0. The summed E-state index contributed by atoms with van der Waals surface area (Å²) in [6, 6.07) is 0. The van der Waals surface area contributed by atoms with E-state index < -0.39 is 0 Å². The molecule has 0 atom stereocenters. The summed E-state index contributed by atoms with van der Waals surface area (Å²) in [7, 11) is 0. The van der Waals surface area contributed by atoms with Crippen molar-refractivity contribution in [3.8, 4) is 11.6 Å². The summed E-state index contributed by atoms with van der Waals surface area (Å²) in [5.74, 6) is 0.307. The van der Waals surface area contributed by atoms with E-state index in [9.17, 15) is 0 Å². The lowest BCUT2D eigenvalue weighted by atomic mass is 10.5. The molecule has 0 unspecified atom stereocenters. The van der Waals surface area contributed by atoms with Crippen LogP contribution in [0.25, 0.3) is 11.6 Å². The van der Waals surface area contributed by atoms with E-state index in [4.69, 9.17) is 4.42 Å². The number of hydrogen-bond donors (Lipinski definition) is 0. The topological polar surface area (TPSA) is 77.8 Å². The van der Waals surface area contributed by atoms with Gasteiger partial charge in [0.2, 0.25) is 6.39 Å².